The second-order valence-corrected chi connectivity index (χ2v) is 3.38. The molecule has 0 fully saturated rings. The van der Waals surface area contributed by atoms with Crippen molar-refractivity contribution in [1.82, 2.24) is 9.97 Å². The molecule has 0 aliphatic rings. The van der Waals surface area contributed by atoms with Gasteiger partial charge in [-0.2, -0.15) is 11.8 Å². The van der Waals surface area contributed by atoms with Gasteiger partial charge in [-0.25, -0.2) is 14.8 Å². The molecule has 0 aromatic carbocycles. The third-order valence-corrected chi connectivity index (χ3v) is 2.01. The Morgan fingerprint density at radius 2 is 2.43 bits per heavy atom. The molecule has 1 aromatic rings. The Morgan fingerprint density at radius 1 is 1.64 bits per heavy atom. The molecule has 0 atom stereocenters. The Bertz CT molecular complexity index is 317. The molecule has 0 unspecified atom stereocenters. The molecular weight excluding hydrogens is 200 g/mol. The summed E-state index contributed by atoms with van der Waals surface area (Å²) < 4.78 is 4.83. The predicted molar refractivity (Wildman–Crippen MR) is 55.2 cm³/mol. The maximum atomic E-state index is 11.3. The lowest BCUT2D eigenvalue weighted by atomic mass is 10.4. The number of hydrogen-bond donors (Lipinski definition) is 0. The van der Waals surface area contributed by atoms with Crippen LogP contribution in [0.25, 0.3) is 0 Å². The summed E-state index contributed by atoms with van der Waals surface area (Å²) in [6.45, 7) is 2.13. The van der Waals surface area contributed by atoms with Gasteiger partial charge in [-0.3, -0.25) is 0 Å². The maximum Gasteiger partial charge on any atom is 0.357 e. The Labute approximate surface area is 87.1 Å². The molecule has 4 nitrogen and oxygen atoms in total. The molecule has 0 saturated heterocycles. The minimum Gasteiger partial charge on any atom is -0.461 e. The molecule has 0 aliphatic heterocycles. The van der Waals surface area contributed by atoms with Crippen LogP contribution in [-0.2, 0) is 10.5 Å². The van der Waals surface area contributed by atoms with E-state index in [1.165, 1.54) is 0 Å². The van der Waals surface area contributed by atoms with Crippen LogP contribution >= 0.6 is 11.8 Å². The Morgan fingerprint density at radius 3 is 3.07 bits per heavy atom. The summed E-state index contributed by atoms with van der Waals surface area (Å²) in [4.78, 5) is 19.4. The van der Waals surface area contributed by atoms with Crippen LogP contribution in [0.1, 0.15) is 23.2 Å². The molecular formula is C9H12N2O2S. The molecule has 0 radical (unpaired) electrons. The molecule has 1 heterocycles. The minimum absolute atomic E-state index is 0.325. The largest absolute Gasteiger partial charge is 0.461 e. The van der Waals surface area contributed by atoms with E-state index in [1.807, 2.05) is 6.26 Å². The third kappa shape index (κ3) is 2.99. The summed E-state index contributed by atoms with van der Waals surface area (Å²) in [7, 11) is 0. The van der Waals surface area contributed by atoms with Crippen molar-refractivity contribution in [2.45, 2.75) is 12.7 Å². The van der Waals surface area contributed by atoms with E-state index in [4.69, 9.17) is 4.74 Å². The molecule has 0 saturated carbocycles. The molecule has 0 aliphatic carbocycles. The van der Waals surface area contributed by atoms with Gasteiger partial charge in [0.1, 0.15) is 5.82 Å². The SMILES string of the molecule is CCOC(=O)c1ccnc(CSC)n1. The van der Waals surface area contributed by atoms with Gasteiger partial charge in [0.2, 0.25) is 0 Å². The van der Waals surface area contributed by atoms with Crippen LogP contribution in [0, 0.1) is 0 Å². The molecule has 0 N–H and O–H groups in total. The number of thioether (sulfide) groups is 1. The quantitative estimate of drug-likeness (QED) is 0.708. The fourth-order valence-electron chi connectivity index (χ4n) is 0.916. The van der Waals surface area contributed by atoms with Crippen molar-refractivity contribution in [2.75, 3.05) is 12.9 Å². The zero-order valence-corrected chi connectivity index (χ0v) is 9.00. The lowest BCUT2D eigenvalue weighted by molar-refractivity contribution is 0.0519. The van der Waals surface area contributed by atoms with Gasteiger partial charge in [-0.1, -0.05) is 0 Å². The number of aromatic nitrogens is 2. The summed E-state index contributed by atoms with van der Waals surface area (Å²) in [6, 6.07) is 1.56. The topological polar surface area (TPSA) is 52.1 Å². The summed E-state index contributed by atoms with van der Waals surface area (Å²) in [6.07, 6.45) is 3.53. The van der Waals surface area contributed by atoms with Gasteiger partial charge in [0.05, 0.1) is 12.4 Å². The van der Waals surface area contributed by atoms with Crippen molar-refractivity contribution in [3.8, 4) is 0 Å². The van der Waals surface area contributed by atoms with Crippen molar-refractivity contribution >= 4 is 17.7 Å². The van der Waals surface area contributed by atoms with Crippen molar-refractivity contribution < 1.29 is 9.53 Å². The lowest BCUT2D eigenvalue weighted by Crippen LogP contribution is -2.08. The van der Waals surface area contributed by atoms with Crippen LogP contribution in [0.4, 0.5) is 0 Å². The molecule has 5 heteroatoms. The number of rotatable bonds is 4. The normalized spacial score (nSPS) is 9.86. The smallest absolute Gasteiger partial charge is 0.357 e. The number of esters is 1. The van der Waals surface area contributed by atoms with E-state index in [-0.39, 0.29) is 0 Å². The number of ether oxygens (including phenoxy) is 1. The van der Waals surface area contributed by atoms with E-state index < -0.39 is 5.97 Å². The van der Waals surface area contributed by atoms with Gasteiger partial charge in [0.15, 0.2) is 5.69 Å². The van der Waals surface area contributed by atoms with Crippen LogP contribution in [0.2, 0.25) is 0 Å². The summed E-state index contributed by atoms with van der Waals surface area (Å²) in [5.74, 6) is 0.966. The summed E-state index contributed by atoms with van der Waals surface area (Å²) in [5.41, 5.74) is 0.325. The van der Waals surface area contributed by atoms with E-state index in [2.05, 4.69) is 9.97 Å². The van der Waals surface area contributed by atoms with Crippen LogP contribution in [-0.4, -0.2) is 28.8 Å². The standard InChI is InChI=1S/C9H12N2O2S/c1-3-13-9(12)7-4-5-10-8(11-7)6-14-2/h4-5H,3,6H2,1-2H3. The molecule has 76 valence electrons. The molecule has 1 rings (SSSR count). The van der Waals surface area contributed by atoms with Crippen LogP contribution in [0.3, 0.4) is 0 Å². The number of hydrogen-bond acceptors (Lipinski definition) is 5. The van der Waals surface area contributed by atoms with Gasteiger partial charge in [0.25, 0.3) is 0 Å². The summed E-state index contributed by atoms with van der Waals surface area (Å²) >= 11 is 1.61. The monoisotopic (exact) mass is 212 g/mol. The zero-order chi connectivity index (χ0) is 10.4. The maximum absolute atomic E-state index is 11.3. The highest BCUT2D eigenvalue weighted by Gasteiger charge is 2.08. The van der Waals surface area contributed by atoms with Crippen LogP contribution in [0.15, 0.2) is 12.3 Å². The van der Waals surface area contributed by atoms with Gasteiger partial charge < -0.3 is 4.74 Å². The highest BCUT2D eigenvalue weighted by molar-refractivity contribution is 7.97. The first-order valence-corrected chi connectivity index (χ1v) is 5.65. The Kier molecular flexibility index (Phi) is 4.39. The first-order valence-electron chi connectivity index (χ1n) is 4.26. The number of carbonyl (C=O) groups excluding carboxylic acids is 1. The first-order chi connectivity index (χ1) is 6.77. The highest BCUT2D eigenvalue weighted by atomic mass is 32.2. The third-order valence-electron chi connectivity index (χ3n) is 1.46. The van der Waals surface area contributed by atoms with Crippen molar-refractivity contribution in [2.24, 2.45) is 0 Å². The van der Waals surface area contributed by atoms with Gasteiger partial charge in [0, 0.05) is 6.20 Å². The zero-order valence-electron chi connectivity index (χ0n) is 8.19. The van der Waals surface area contributed by atoms with Crippen LogP contribution < -0.4 is 0 Å². The predicted octanol–water partition coefficient (Wildman–Crippen LogP) is 1.52. The fourth-order valence-corrected chi connectivity index (χ4v) is 1.31. The average molecular weight is 212 g/mol. The summed E-state index contributed by atoms with van der Waals surface area (Å²) in [5, 5.41) is 0. The molecule has 14 heavy (non-hydrogen) atoms. The van der Waals surface area contributed by atoms with E-state index in [1.54, 1.807) is 30.9 Å². The fraction of sp³-hybridized carbons (Fsp3) is 0.444. The van der Waals surface area contributed by atoms with Gasteiger partial charge in [-0.15, -0.1) is 0 Å². The number of nitrogens with zero attached hydrogens (tertiary/aromatic N) is 2. The van der Waals surface area contributed by atoms with E-state index in [9.17, 15) is 4.79 Å². The molecule has 0 bridgehead atoms. The van der Waals surface area contributed by atoms with E-state index >= 15 is 0 Å². The molecule has 1 aromatic heterocycles. The highest BCUT2D eigenvalue weighted by Crippen LogP contribution is 2.04. The van der Waals surface area contributed by atoms with Crippen LogP contribution in [0.5, 0.6) is 0 Å². The van der Waals surface area contributed by atoms with Gasteiger partial charge >= 0.3 is 5.97 Å². The lowest BCUT2D eigenvalue weighted by Gasteiger charge is -2.01. The molecule has 0 amide bonds. The number of carbonyl (C=O) groups is 1. The first kappa shape index (κ1) is 11.0. The Hall–Kier alpha value is -1.10. The average Bonchev–Trinajstić information content (AvgIpc) is 2.19. The molecule has 0 spiro atoms. The van der Waals surface area contributed by atoms with E-state index in [0.717, 1.165) is 0 Å². The van der Waals surface area contributed by atoms with Crippen molar-refractivity contribution in [1.29, 1.82) is 0 Å². The Balaban J connectivity index is 2.77. The second kappa shape index (κ2) is 5.59. The second-order valence-electron chi connectivity index (χ2n) is 2.51. The van der Waals surface area contributed by atoms with Crippen molar-refractivity contribution in [3.63, 3.8) is 0 Å². The minimum atomic E-state index is -0.391. The van der Waals surface area contributed by atoms with Gasteiger partial charge in [-0.05, 0) is 19.2 Å². The van der Waals surface area contributed by atoms with Crippen molar-refractivity contribution in [3.05, 3.63) is 23.8 Å². The van der Waals surface area contributed by atoms with E-state index in [0.29, 0.717) is 23.9 Å².